The third-order valence-corrected chi connectivity index (χ3v) is 5.37. The molecule has 3 unspecified atom stereocenters. The normalized spacial score (nSPS) is 34.3. The Labute approximate surface area is 135 Å². The highest BCUT2D eigenvalue weighted by Crippen LogP contribution is 2.31. The van der Waals surface area contributed by atoms with E-state index in [-0.39, 0.29) is 0 Å². The molecule has 3 aliphatic rings. The maximum absolute atomic E-state index is 4.86. The predicted octanol–water partition coefficient (Wildman–Crippen LogP) is 0.976. The van der Waals surface area contributed by atoms with Gasteiger partial charge in [-0.05, 0) is 51.6 Å². The summed E-state index contributed by atoms with van der Waals surface area (Å²) in [5, 5.41) is 7.13. The first-order valence-electron chi connectivity index (χ1n) is 9.13. The van der Waals surface area contributed by atoms with Gasteiger partial charge in [0, 0.05) is 44.8 Å². The van der Waals surface area contributed by atoms with Crippen LogP contribution in [-0.2, 0) is 0 Å². The SMILES string of the molecule is CCNC(=NCC1CCN(C)C1)NC1CN(C2CC2)CC1C. The minimum atomic E-state index is 0.546. The van der Waals surface area contributed by atoms with Crippen molar-refractivity contribution in [2.24, 2.45) is 16.8 Å². The number of hydrogen-bond donors (Lipinski definition) is 2. The molecule has 2 aliphatic heterocycles. The van der Waals surface area contributed by atoms with Crippen LogP contribution in [0.5, 0.6) is 0 Å². The summed E-state index contributed by atoms with van der Waals surface area (Å²) in [6.45, 7) is 11.2. The van der Waals surface area contributed by atoms with E-state index < -0.39 is 0 Å². The molecule has 3 fully saturated rings. The van der Waals surface area contributed by atoms with Crippen LogP contribution in [0.1, 0.15) is 33.1 Å². The second-order valence-corrected chi connectivity index (χ2v) is 7.55. The van der Waals surface area contributed by atoms with Crippen LogP contribution in [0.25, 0.3) is 0 Å². The number of likely N-dealkylation sites (tertiary alicyclic amines) is 2. The predicted molar refractivity (Wildman–Crippen MR) is 92.3 cm³/mol. The average molecular weight is 307 g/mol. The van der Waals surface area contributed by atoms with Crippen molar-refractivity contribution in [1.29, 1.82) is 0 Å². The van der Waals surface area contributed by atoms with Crippen molar-refractivity contribution in [2.75, 3.05) is 46.3 Å². The van der Waals surface area contributed by atoms with E-state index in [0.29, 0.717) is 12.0 Å². The van der Waals surface area contributed by atoms with E-state index in [0.717, 1.165) is 31.0 Å². The second kappa shape index (κ2) is 7.18. The maximum atomic E-state index is 4.86. The molecule has 1 saturated carbocycles. The van der Waals surface area contributed by atoms with Gasteiger partial charge in [0.25, 0.3) is 0 Å². The first kappa shape index (κ1) is 16.1. The Morgan fingerprint density at radius 2 is 2.00 bits per heavy atom. The zero-order chi connectivity index (χ0) is 15.5. The van der Waals surface area contributed by atoms with E-state index in [4.69, 9.17) is 4.99 Å². The number of hydrogen-bond acceptors (Lipinski definition) is 3. The summed E-state index contributed by atoms with van der Waals surface area (Å²) in [4.78, 5) is 9.94. The molecule has 0 aromatic heterocycles. The van der Waals surface area contributed by atoms with Crippen LogP contribution in [0.3, 0.4) is 0 Å². The average Bonchev–Trinajstić information content (AvgIpc) is 3.16. The summed E-state index contributed by atoms with van der Waals surface area (Å²) in [6, 6.07) is 1.42. The number of aliphatic imine (C=N–C) groups is 1. The zero-order valence-corrected chi connectivity index (χ0v) is 14.5. The van der Waals surface area contributed by atoms with E-state index in [2.05, 4.69) is 41.3 Å². The Hall–Kier alpha value is -0.810. The molecule has 0 aromatic rings. The van der Waals surface area contributed by atoms with Gasteiger partial charge in [0.15, 0.2) is 5.96 Å². The van der Waals surface area contributed by atoms with Gasteiger partial charge in [0.05, 0.1) is 0 Å². The molecule has 2 heterocycles. The van der Waals surface area contributed by atoms with E-state index in [9.17, 15) is 0 Å². The highest BCUT2D eigenvalue weighted by molar-refractivity contribution is 5.80. The van der Waals surface area contributed by atoms with Crippen molar-refractivity contribution < 1.29 is 0 Å². The molecule has 1 aliphatic carbocycles. The smallest absolute Gasteiger partial charge is 0.191 e. The molecule has 5 heteroatoms. The minimum Gasteiger partial charge on any atom is -0.357 e. The van der Waals surface area contributed by atoms with E-state index in [1.807, 2.05) is 0 Å². The van der Waals surface area contributed by atoms with Crippen molar-refractivity contribution >= 4 is 5.96 Å². The van der Waals surface area contributed by atoms with E-state index >= 15 is 0 Å². The molecule has 2 saturated heterocycles. The molecular formula is C17H33N5. The van der Waals surface area contributed by atoms with E-state index in [1.165, 1.54) is 45.4 Å². The first-order chi connectivity index (χ1) is 10.7. The Morgan fingerprint density at radius 1 is 1.18 bits per heavy atom. The maximum Gasteiger partial charge on any atom is 0.191 e. The Morgan fingerprint density at radius 3 is 2.64 bits per heavy atom. The number of nitrogens with zero attached hydrogens (tertiary/aromatic N) is 3. The third-order valence-electron chi connectivity index (χ3n) is 5.37. The molecule has 3 rings (SSSR count). The molecule has 126 valence electrons. The molecule has 0 aromatic carbocycles. The molecule has 3 atom stereocenters. The van der Waals surface area contributed by atoms with Gasteiger partial charge in [0.1, 0.15) is 0 Å². The van der Waals surface area contributed by atoms with Crippen molar-refractivity contribution in [1.82, 2.24) is 20.4 Å². The van der Waals surface area contributed by atoms with Crippen LogP contribution in [0.2, 0.25) is 0 Å². The van der Waals surface area contributed by atoms with Gasteiger partial charge in [0.2, 0.25) is 0 Å². The van der Waals surface area contributed by atoms with Gasteiger partial charge in [-0.25, -0.2) is 0 Å². The van der Waals surface area contributed by atoms with Crippen LogP contribution in [0.15, 0.2) is 4.99 Å². The van der Waals surface area contributed by atoms with Gasteiger partial charge in [-0.1, -0.05) is 6.92 Å². The summed E-state index contributed by atoms with van der Waals surface area (Å²) in [6.07, 6.45) is 4.10. The van der Waals surface area contributed by atoms with Crippen molar-refractivity contribution in [3.63, 3.8) is 0 Å². The molecule has 0 spiro atoms. The van der Waals surface area contributed by atoms with E-state index in [1.54, 1.807) is 0 Å². The zero-order valence-electron chi connectivity index (χ0n) is 14.5. The lowest BCUT2D eigenvalue weighted by Gasteiger charge is -2.21. The monoisotopic (exact) mass is 307 g/mol. The lowest BCUT2D eigenvalue weighted by molar-refractivity contribution is 0.315. The Balaban J connectivity index is 1.51. The van der Waals surface area contributed by atoms with Crippen molar-refractivity contribution in [3.05, 3.63) is 0 Å². The third kappa shape index (κ3) is 4.13. The minimum absolute atomic E-state index is 0.546. The summed E-state index contributed by atoms with van der Waals surface area (Å²) >= 11 is 0. The molecular weight excluding hydrogens is 274 g/mol. The molecule has 2 N–H and O–H groups in total. The van der Waals surface area contributed by atoms with Gasteiger partial charge in [-0.15, -0.1) is 0 Å². The largest absolute Gasteiger partial charge is 0.357 e. The molecule has 0 radical (unpaired) electrons. The highest BCUT2D eigenvalue weighted by Gasteiger charge is 2.38. The Bertz CT molecular complexity index is 393. The topological polar surface area (TPSA) is 42.9 Å². The van der Waals surface area contributed by atoms with Gasteiger partial charge >= 0.3 is 0 Å². The molecule has 5 nitrogen and oxygen atoms in total. The van der Waals surface area contributed by atoms with Gasteiger partial charge in [-0.3, -0.25) is 9.89 Å². The van der Waals surface area contributed by atoms with Crippen molar-refractivity contribution in [3.8, 4) is 0 Å². The van der Waals surface area contributed by atoms with Crippen LogP contribution in [0, 0.1) is 11.8 Å². The summed E-state index contributed by atoms with van der Waals surface area (Å²) in [5.74, 6) is 2.46. The van der Waals surface area contributed by atoms with Crippen LogP contribution in [0.4, 0.5) is 0 Å². The molecule has 0 bridgehead atoms. The lowest BCUT2D eigenvalue weighted by Crippen LogP contribution is -2.46. The standard InChI is InChI=1S/C17H33N5/c1-4-18-17(19-9-14-7-8-21(3)11-14)20-16-12-22(10-13(16)2)15-5-6-15/h13-16H,4-12H2,1-3H3,(H2,18,19,20). The first-order valence-corrected chi connectivity index (χ1v) is 9.13. The Kier molecular flexibility index (Phi) is 5.24. The fourth-order valence-electron chi connectivity index (χ4n) is 3.82. The van der Waals surface area contributed by atoms with Gasteiger partial charge in [-0.2, -0.15) is 0 Å². The summed E-state index contributed by atoms with van der Waals surface area (Å²) in [5.41, 5.74) is 0. The van der Waals surface area contributed by atoms with Crippen molar-refractivity contribution in [2.45, 2.75) is 45.2 Å². The second-order valence-electron chi connectivity index (χ2n) is 7.55. The number of nitrogens with one attached hydrogen (secondary N) is 2. The van der Waals surface area contributed by atoms with Crippen LogP contribution in [-0.4, -0.2) is 74.2 Å². The fraction of sp³-hybridized carbons (Fsp3) is 0.941. The van der Waals surface area contributed by atoms with Crippen LogP contribution >= 0.6 is 0 Å². The fourth-order valence-corrected chi connectivity index (χ4v) is 3.82. The lowest BCUT2D eigenvalue weighted by atomic mass is 10.1. The van der Waals surface area contributed by atoms with Crippen LogP contribution < -0.4 is 10.6 Å². The summed E-state index contributed by atoms with van der Waals surface area (Å²) < 4.78 is 0. The number of guanidine groups is 1. The number of rotatable bonds is 5. The van der Waals surface area contributed by atoms with Gasteiger partial charge < -0.3 is 15.5 Å². The quantitative estimate of drug-likeness (QED) is 0.587. The highest BCUT2D eigenvalue weighted by atomic mass is 15.3. The molecule has 22 heavy (non-hydrogen) atoms. The summed E-state index contributed by atoms with van der Waals surface area (Å²) in [7, 11) is 2.21. The molecule has 0 amide bonds.